The summed E-state index contributed by atoms with van der Waals surface area (Å²) in [5.41, 5.74) is 6.72. The topological polar surface area (TPSA) is 80.5 Å². The second kappa shape index (κ2) is 11.1. The van der Waals surface area contributed by atoms with E-state index in [0.29, 0.717) is 29.1 Å². The van der Waals surface area contributed by atoms with Crippen LogP contribution < -0.4 is 0 Å². The molecule has 0 aliphatic heterocycles. The van der Waals surface area contributed by atoms with Crippen molar-refractivity contribution < 1.29 is 13.9 Å². The Hall–Kier alpha value is -5.15. The first-order valence-corrected chi connectivity index (χ1v) is 12.7. The number of nitriles is 1. The van der Waals surface area contributed by atoms with E-state index in [1.165, 1.54) is 0 Å². The first kappa shape index (κ1) is 25.5. The highest BCUT2D eigenvalue weighted by atomic mass is 16.5. The molecule has 2 heterocycles. The van der Waals surface area contributed by atoms with E-state index in [4.69, 9.17) is 9.15 Å². The lowest BCUT2D eigenvalue weighted by Gasteiger charge is -2.14. The molecule has 0 bridgehead atoms. The van der Waals surface area contributed by atoms with Gasteiger partial charge in [0, 0.05) is 34.3 Å². The standard InChI is InChI=1S/C33H27N3O3/c1-4-38-33(37)27-17-11-12-18-29(27)36-22(2)19-26(23(36)3)21-35-32-28(20-34)30(24-13-7-5-8-14-24)31(39-32)25-15-9-6-10-16-25/h5-19,21H,4H2,1-3H3. The molecule has 6 nitrogen and oxygen atoms in total. The number of benzene rings is 3. The highest BCUT2D eigenvalue weighted by Gasteiger charge is 2.23. The minimum atomic E-state index is -0.369. The second-order valence-corrected chi connectivity index (χ2v) is 8.99. The number of aryl methyl sites for hydroxylation is 1. The number of para-hydroxylation sites is 1. The molecule has 5 rings (SSSR count). The largest absolute Gasteiger partial charge is 0.462 e. The summed E-state index contributed by atoms with van der Waals surface area (Å²) in [5.74, 6) is 0.471. The summed E-state index contributed by atoms with van der Waals surface area (Å²) >= 11 is 0. The van der Waals surface area contributed by atoms with Gasteiger partial charge in [-0.2, -0.15) is 5.26 Å². The lowest BCUT2D eigenvalue weighted by atomic mass is 9.98. The van der Waals surface area contributed by atoms with Crippen LogP contribution in [0.4, 0.5) is 5.88 Å². The summed E-state index contributed by atoms with van der Waals surface area (Å²) in [6.45, 7) is 6.03. The van der Waals surface area contributed by atoms with Crippen molar-refractivity contribution in [3.63, 3.8) is 0 Å². The monoisotopic (exact) mass is 513 g/mol. The predicted molar refractivity (Wildman–Crippen MR) is 153 cm³/mol. The fourth-order valence-electron chi connectivity index (χ4n) is 4.75. The number of nitrogens with zero attached hydrogens (tertiary/aromatic N) is 3. The Morgan fingerprint density at radius 2 is 1.62 bits per heavy atom. The molecule has 0 saturated carbocycles. The lowest BCUT2D eigenvalue weighted by molar-refractivity contribution is 0.0526. The molecule has 5 aromatic rings. The minimum Gasteiger partial charge on any atom is -0.462 e. The molecule has 0 spiro atoms. The third-order valence-electron chi connectivity index (χ3n) is 6.53. The van der Waals surface area contributed by atoms with Crippen molar-refractivity contribution in [1.82, 2.24) is 4.57 Å². The number of aliphatic imine (C=N–C) groups is 1. The van der Waals surface area contributed by atoms with E-state index in [1.54, 1.807) is 19.2 Å². The Kier molecular flexibility index (Phi) is 7.24. The highest BCUT2D eigenvalue weighted by molar-refractivity contribution is 5.94. The molecular formula is C33H27N3O3. The maximum Gasteiger partial charge on any atom is 0.340 e. The Bertz CT molecular complexity index is 1700. The second-order valence-electron chi connectivity index (χ2n) is 8.99. The van der Waals surface area contributed by atoms with Crippen LogP contribution in [0.25, 0.3) is 28.1 Å². The molecule has 192 valence electrons. The fourth-order valence-corrected chi connectivity index (χ4v) is 4.75. The van der Waals surface area contributed by atoms with Crippen LogP contribution in [0.5, 0.6) is 0 Å². The quantitative estimate of drug-likeness (QED) is 0.164. The summed E-state index contributed by atoms with van der Waals surface area (Å²) in [7, 11) is 0. The SMILES string of the molecule is CCOC(=O)c1ccccc1-n1c(C)cc(C=Nc2oc(-c3ccccc3)c(-c3ccccc3)c2C#N)c1C. The van der Waals surface area contributed by atoms with Gasteiger partial charge in [0.15, 0.2) is 0 Å². The maximum absolute atomic E-state index is 12.6. The molecule has 3 aromatic carbocycles. The van der Waals surface area contributed by atoms with Crippen molar-refractivity contribution in [3.05, 3.63) is 119 Å². The molecule has 0 saturated heterocycles. The number of ether oxygens (including phenoxy) is 1. The van der Waals surface area contributed by atoms with E-state index < -0.39 is 0 Å². The van der Waals surface area contributed by atoms with E-state index in [2.05, 4.69) is 11.1 Å². The van der Waals surface area contributed by atoms with Crippen LogP contribution in [0.2, 0.25) is 0 Å². The zero-order chi connectivity index (χ0) is 27.4. The van der Waals surface area contributed by atoms with Crippen LogP contribution in [0, 0.1) is 25.2 Å². The van der Waals surface area contributed by atoms with Crippen molar-refractivity contribution in [2.75, 3.05) is 6.61 Å². The number of carbonyl (C=O) groups is 1. The van der Waals surface area contributed by atoms with Crippen molar-refractivity contribution in [2.45, 2.75) is 20.8 Å². The maximum atomic E-state index is 12.6. The molecule has 39 heavy (non-hydrogen) atoms. The molecule has 0 aliphatic carbocycles. The molecule has 0 atom stereocenters. The van der Waals surface area contributed by atoms with Gasteiger partial charge in [-0.3, -0.25) is 0 Å². The first-order chi connectivity index (χ1) is 19.0. The van der Waals surface area contributed by atoms with Crippen molar-refractivity contribution >= 4 is 18.1 Å². The zero-order valence-electron chi connectivity index (χ0n) is 22.0. The summed E-state index contributed by atoms with van der Waals surface area (Å²) in [6.07, 6.45) is 1.70. The van der Waals surface area contributed by atoms with Gasteiger partial charge in [-0.15, -0.1) is 0 Å². The molecule has 0 fully saturated rings. The smallest absolute Gasteiger partial charge is 0.340 e. The zero-order valence-corrected chi connectivity index (χ0v) is 22.0. The van der Waals surface area contributed by atoms with Gasteiger partial charge in [0.1, 0.15) is 17.4 Å². The minimum absolute atomic E-state index is 0.243. The van der Waals surface area contributed by atoms with Gasteiger partial charge in [0.2, 0.25) is 5.88 Å². The third kappa shape index (κ3) is 4.90. The van der Waals surface area contributed by atoms with Gasteiger partial charge in [0.25, 0.3) is 0 Å². The van der Waals surface area contributed by atoms with Crippen LogP contribution in [0.15, 0.2) is 100 Å². The number of esters is 1. The first-order valence-electron chi connectivity index (χ1n) is 12.7. The average molecular weight is 514 g/mol. The van der Waals surface area contributed by atoms with Crippen LogP contribution in [-0.2, 0) is 4.74 Å². The van der Waals surface area contributed by atoms with E-state index in [9.17, 15) is 10.1 Å². The molecule has 6 heteroatoms. The molecule has 2 aromatic heterocycles. The Morgan fingerprint density at radius 1 is 0.974 bits per heavy atom. The summed E-state index contributed by atoms with van der Waals surface area (Å²) in [4.78, 5) is 17.3. The molecule has 0 amide bonds. The number of furan rings is 1. The van der Waals surface area contributed by atoms with Crippen LogP contribution >= 0.6 is 0 Å². The Morgan fingerprint density at radius 3 is 2.28 bits per heavy atom. The molecule has 0 N–H and O–H groups in total. The van der Waals surface area contributed by atoms with Crippen LogP contribution in [0.3, 0.4) is 0 Å². The fraction of sp³-hybridized carbons (Fsp3) is 0.121. The molecule has 0 radical (unpaired) electrons. The molecular weight excluding hydrogens is 486 g/mol. The summed E-state index contributed by atoms with van der Waals surface area (Å²) in [6, 6.07) is 31.1. The lowest BCUT2D eigenvalue weighted by Crippen LogP contribution is -2.11. The predicted octanol–water partition coefficient (Wildman–Crippen LogP) is 7.82. The summed E-state index contributed by atoms with van der Waals surface area (Å²) < 4.78 is 13.5. The van der Waals surface area contributed by atoms with E-state index in [-0.39, 0.29) is 11.9 Å². The van der Waals surface area contributed by atoms with Gasteiger partial charge in [0.05, 0.1) is 17.9 Å². The van der Waals surface area contributed by atoms with E-state index in [0.717, 1.165) is 33.8 Å². The van der Waals surface area contributed by atoms with Crippen LogP contribution in [-0.4, -0.2) is 23.4 Å². The normalized spacial score (nSPS) is 11.0. The number of rotatable bonds is 7. The van der Waals surface area contributed by atoms with Gasteiger partial charge in [-0.25, -0.2) is 9.79 Å². The Labute approximate surface area is 227 Å². The van der Waals surface area contributed by atoms with Crippen molar-refractivity contribution in [3.8, 4) is 34.2 Å². The number of carbonyl (C=O) groups excluding carboxylic acids is 1. The van der Waals surface area contributed by atoms with Crippen molar-refractivity contribution in [2.24, 2.45) is 4.99 Å². The van der Waals surface area contributed by atoms with E-state index >= 15 is 0 Å². The third-order valence-corrected chi connectivity index (χ3v) is 6.53. The van der Waals surface area contributed by atoms with E-state index in [1.807, 2.05) is 103 Å². The number of hydrogen-bond acceptors (Lipinski definition) is 5. The molecule has 0 aliphatic rings. The van der Waals surface area contributed by atoms with Gasteiger partial charge in [-0.1, -0.05) is 72.8 Å². The van der Waals surface area contributed by atoms with Gasteiger partial charge in [-0.05, 0) is 44.5 Å². The van der Waals surface area contributed by atoms with Crippen molar-refractivity contribution in [1.29, 1.82) is 5.26 Å². The number of hydrogen-bond donors (Lipinski definition) is 0. The van der Waals surface area contributed by atoms with Gasteiger partial charge < -0.3 is 13.7 Å². The number of aromatic nitrogens is 1. The Balaban J connectivity index is 1.60. The van der Waals surface area contributed by atoms with Crippen LogP contribution in [0.1, 0.15) is 39.8 Å². The van der Waals surface area contributed by atoms with Gasteiger partial charge >= 0.3 is 5.97 Å². The highest BCUT2D eigenvalue weighted by Crippen LogP contribution is 2.42. The molecule has 0 unspecified atom stereocenters. The summed E-state index contributed by atoms with van der Waals surface area (Å²) in [5, 5.41) is 10.2. The average Bonchev–Trinajstić information content (AvgIpc) is 3.48.